The summed E-state index contributed by atoms with van der Waals surface area (Å²) in [5, 5.41) is 4.92. The lowest BCUT2D eigenvalue weighted by Crippen LogP contribution is -1.97. The van der Waals surface area contributed by atoms with E-state index in [4.69, 9.17) is 0 Å². The lowest BCUT2D eigenvalue weighted by molar-refractivity contribution is 0.845. The number of alkyl halides is 1. The molecule has 0 aromatic carbocycles. The molecule has 0 spiro atoms. The van der Waals surface area contributed by atoms with E-state index in [0.29, 0.717) is 0 Å². The molecule has 0 saturated heterocycles. The molecule has 0 aliphatic heterocycles. The second kappa shape index (κ2) is 3.70. The Balaban J connectivity index is 2.33. The quantitative estimate of drug-likeness (QED) is 0.750. The lowest BCUT2D eigenvalue weighted by Gasteiger charge is -2.00. The SMILES string of the molecule is BrCc1ccc(-n2cccn2)nc1. The van der Waals surface area contributed by atoms with Crippen molar-refractivity contribution < 1.29 is 0 Å². The highest BCUT2D eigenvalue weighted by Gasteiger charge is 1.96. The standard InChI is InChI=1S/C9H8BrN3/c10-6-8-2-3-9(11-7-8)13-5-1-4-12-13/h1-5,7H,6H2. The molecule has 2 aromatic rings. The summed E-state index contributed by atoms with van der Waals surface area (Å²) in [6, 6.07) is 5.85. The van der Waals surface area contributed by atoms with Crippen LogP contribution in [0.3, 0.4) is 0 Å². The first-order valence-corrected chi connectivity index (χ1v) is 5.03. The van der Waals surface area contributed by atoms with Crippen LogP contribution < -0.4 is 0 Å². The van der Waals surface area contributed by atoms with Gasteiger partial charge in [0, 0.05) is 23.9 Å². The van der Waals surface area contributed by atoms with Crippen LogP contribution in [0, 0.1) is 0 Å². The second-order valence-electron chi connectivity index (χ2n) is 2.61. The maximum absolute atomic E-state index is 4.26. The third-order valence-electron chi connectivity index (χ3n) is 1.70. The highest BCUT2D eigenvalue weighted by atomic mass is 79.9. The third kappa shape index (κ3) is 1.78. The monoisotopic (exact) mass is 237 g/mol. The maximum Gasteiger partial charge on any atom is 0.153 e. The number of hydrogen-bond acceptors (Lipinski definition) is 2. The molecule has 66 valence electrons. The zero-order valence-electron chi connectivity index (χ0n) is 6.89. The summed E-state index contributed by atoms with van der Waals surface area (Å²) in [6.45, 7) is 0. The van der Waals surface area contributed by atoms with Gasteiger partial charge in [0.05, 0.1) is 0 Å². The van der Waals surface area contributed by atoms with Gasteiger partial charge in [-0.15, -0.1) is 0 Å². The van der Waals surface area contributed by atoms with Crippen molar-refractivity contribution in [2.45, 2.75) is 5.33 Å². The van der Waals surface area contributed by atoms with E-state index in [1.54, 1.807) is 10.9 Å². The van der Waals surface area contributed by atoms with Crippen molar-refractivity contribution in [3.05, 3.63) is 42.4 Å². The molecular weight excluding hydrogens is 230 g/mol. The summed E-state index contributed by atoms with van der Waals surface area (Å²) in [4.78, 5) is 4.26. The van der Waals surface area contributed by atoms with Gasteiger partial charge in [0.2, 0.25) is 0 Å². The molecule has 3 nitrogen and oxygen atoms in total. The van der Waals surface area contributed by atoms with Crippen LogP contribution in [-0.2, 0) is 5.33 Å². The van der Waals surface area contributed by atoms with Gasteiger partial charge >= 0.3 is 0 Å². The Morgan fingerprint density at radius 3 is 2.85 bits per heavy atom. The molecule has 13 heavy (non-hydrogen) atoms. The Labute approximate surface area is 84.5 Å². The molecule has 2 aromatic heterocycles. The zero-order valence-corrected chi connectivity index (χ0v) is 8.48. The normalized spacial score (nSPS) is 10.2. The van der Waals surface area contributed by atoms with Gasteiger partial charge in [-0.2, -0.15) is 5.10 Å². The molecule has 0 aliphatic rings. The number of aromatic nitrogens is 3. The van der Waals surface area contributed by atoms with Crippen LogP contribution >= 0.6 is 15.9 Å². The highest BCUT2D eigenvalue weighted by Crippen LogP contribution is 2.07. The van der Waals surface area contributed by atoms with E-state index in [-0.39, 0.29) is 0 Å². The topological polar surface area (TPSA) is 30.7 Å². The second-order valence-corrected chi connectivity index (χ2v) is 3.17. The van der Waals surface area contributed by atoms with Crippen molar-refractivity contribution in [3.63, 3.8) is 0 Å². The number of halogens is 1. The Kier molecular flexibility index (Phi) is 2.40. The predicted molar refractivity (Wildman–Crippen MR) is 54.0 cm³/mol. The molecule has 2 rings (SSSR count). The summed E-state index contributed by atoms with van der Waals surface area (Å²) in [5.41, 5.74) is 1.16. The minimum absolute atomic E-state index is 0.833. The first-order chi connectivity index (χ1) is 6.40. The van der Waals surface area contributed by atoms with Gasteiger partial charge in [0.1, 0.15) is 0 Å². The minimum atomic E-state index is 0.833. The first kappa shape index (κ1) is 8.44. The first-order valence-electron chi connectivity index (χ1n) is 3.91. The van der Waals surface area contributed by atoms with Crippen molar-refractivity contribution in [2.75, 3.05) is 0 Å². The van der Waals surface area contributed by atoms with Crippen molar-refractivity contribution in [3.8, 4) is 5.82 Å². The maximum atomic E-state index is 4.26. The fourth-order valence-electron chi connectivity index (χ4n) is 1.04. The molecule has 0 fully saturated rings. The molecule has 0 radical (unpaired) electrons. The molecule has 0 aliphatic carbocycles. The van der Waals surface area contributed by atoms with Crippen LogP contribution in [0.15, 0.2) is 36.8 Å². The van der Waals surface area contributed by atoms with Crippen LogP contribution in [0.2, 0.25) is 0 Å². The molecule has 0 amide bonds. The molecule has 0 N–H and O–H groups in total. The average molecular weight is 238 g/mol. The van der Waals surface area contributed by atoms with Crippen LogP contribution in [-0.4, -0.2) is 14.8 Å². The predicted octanol–water partition coefficient (Wildman–Crippen LogP) is 2.16. The fraction of sp³-hybridized carbons (Fsp3) is 0.111. The Hall–Kier alpha value is -1.16. The zero-order chi connectivity index (χ0) is 9.10. The summed E-state index contributed by atoms with van der Waals surface area (Å²) in [7, 11) is 0. The van der Waals surface area contributed by atoms with Crippen LogP contribution in [0.1, 0.15) is 5.56 Å². The van der Waals surface area contributed by atoms with Crippen molar-refractivity contribution >= 4 is 15.9 Å². The fourth-order valence-corrected chi connectivity index (χ4v) is 1.37. The summed E-state index contributed by atoms with van der Waals surface area (Å²) in [5.74, 6) is 0.842. The Morgan fingerprint density at radius 1 is 1.38 bits per heavy atom. The van der Waals surface area contributed by atoms with Gasteiger partial charge in [-0.1, -0.05) is 22.0 Å². The van der Waals surface area contributed by atoms with E-state index in [2.05, 4.69) is 26.0 Å². The Morgan fingerprint density at radius 2 is 2.31 bits per heavy atom. The average Bonchev–Trinajstić information content (AvgIpc) is 2.71. The van der Waals surface area contributed by atoms with Gasteiger partial charge in [-0.25, -0.2) is 9.67 Å². The molecular formula is C9H8BrN3. The lowest BCUT2D eigenvalue weighted by atomic mass is 10.3. The molecule has 0 atom stereocenters. The summed E-state index contributed by atoms with van der Waals surface area (Å²) in [6.07, 6.45) is 5.45. The van der Waals surface area contributed by atoms with Gasteiger partial charge in [-0.3, -0.25) is 0 Å². The van der Waals surface area contributed by atoms with Crippen LogP contribution in [0.25, 0.3) is 5.82 Å². The Bertz CT molecular complexity index is 366. The smallest absolute Gasteiger partial charge is 0.153 e. The van der Waals surface area contributed by atoms with E-state index in [9.17, 15) is 0 Å². The van der Waals surface area contributed by atoms with E-state index in [1.807, 2.05) is 30.6 Å². The molecule has 2 heterocycles. The van der Waals surface area contributed by atoms with E-state index in [1.165, 1.54) is 0 Å². The van der Waals surface area contributed by atoms with E-state index in [0.717, 1.165) is 16.7 Å². The number of rotatable bonds is 2. The van der Waals surface area contributed by atoms with Gasteiger partial charge in [-0.05, 0) is 17.7 Å². The minimum Gasteiger partial charge on any atom is -0.237 e. The van der Waals surface area contributed by atoms with Crippen LogP contribution in [0.5, 0.6) is 0 Å². The van der Waals surface area contributed by atoms with Gasteiger partial charge in [0.25, 0.3) is 0 Å². The molecule has 0 bridgehead atoms. The van der Waals surface area contributed by atoms with Gasteiger partial charge < -0.3 is 0 Å². The number of hydrogen-bond donors (Lipinski definition) is 0. The van der Waals surface area contributed by atoms with Crippen molar-refractivity contribution in [1.82, 2.24) is 14.8 Å². The van der Waals surface area contributed by atoms with E-state index >= 15 is 0 Å². The van der Waals surface area contributed by atoms with Crippen LogP contribution in [0.4, 0.5) is 0 Å². The van der Waals surface area contributed by atoms with Crippen molar-refractivity contribution in [1.29, 1.82) is 0 Å². The summed E-state index contributed by atoms with van der Waals surface area (Å²) < 4.78 is 1.73. The number of pyridine rings is 1. The molecule has 0 unspecified atom stereocenters. The van der Waals surface area contributed by atoms with Gasteiger partial charge in [0.15, 0.2) is 5.82 Å². The van der Waals surface area contributed by atoms with Crippen molar-refractivity contribution in [2.24, 2.45) is 0 Å². The largest absolute Gasteiger partial charge is 0.237 e. The third-order valence-corrected chi connectivity index (χ3v) is 2.35. The van der Waals surface area contributed by atoms with E-state index < -0.39 is 0 Å². The number of nitrogens with zero attached hydrogens (tertiary/aromatic N) is 3. The summed E-state index contributed by atoms with van der Waals surface area (Å²) >= 11 is 3.37. The molecule has 4 heteroatoms. The molecule has 0 saturated carbocycles. The highest BCUT2D eigenvalue weighted by molar-refractivity contribution is 9.08.